The molecular weight excluding hydrogens is 348 g/mol. The standard InChI is InChI=1S/C21H32O4S/c1-4-6-13-20(12-5-2)14-16-21(17-15-20,19(22)25-3)26(23,24)18-10-8-7-9-11-18/h7-11H,4-6,12-17H2,1-3H3. The third-order valence-electron chi connectivity index (χ3n) is 6.08. The van der Waals surface area contributed by atoms with Crippen LogP contribution in [0.25, 0.3) is 0 Å². The number of benzene rings is 1. The molecule has 4 nitrogen and oxygen atoms in total. The summed E-state index contributed by atoms with van der Waals surface area (Å²) in [5.74, 6) is -0.609. The third-order valence-corrected chi connectivity index (χ3v) is 8.58. The van der Waals surface area contributed by atoms with E-state index in [4.69, 9.17) is 4.74 Å². The van der Waals surface area contributed by atoms with Crippen molar-refractivity contribution in [2.75, 3.05) is 7.11 Å². The molecule has 0 heterocycles. The Labute approximate surface area is 158 Å². The van der Waals surface area contributed by atoms with Gasteiger partial charge in [-0.1, -0.05) is 51.3 Å². The van der Waals surface area contributed by atoms with Crippen molar-refractivity contribution in [3.05, 3.63) is 30.3 Å². The normalized spacial score (nSPS) is 26.4. The van der Waals surface area contributed by atoms with Crippen molar-refractivity contribution in [3.63, 3.8) is 0 Å². The lowest BCUT2D eigenvalue weighted by molar-refractivity contribution is -0.145. The molecule has 0 aromatic heterocycles. The molecule has 1 aromatic carbocycles. The number of unbranched alkanes of at least 4 members (excludes halogenated alkanes) is 1. The summed E-state index contributed by atoms with van der Waals surface area (Å²) in [4.78, 5) is 12.9. The molecule has 0 aliphatic heterocycles. The van der Waals surface area contributed by atoms with Gasteiger partial charge in [0.2, 0.25) is 0 Å². The van der Waals surface area contributed by atoms with Gasteiger partial charge in [0, 0.05) is 0 Å². The van der Waals surface area contributed by atoms with Crippen LogP contribution in [0, 0.1) is 5.41 Å². The molecule has 0 amide bonds. The van der Waals surface area contributed by atoms with Gasteiger partial charge in [-0.2, -0.15) is 0 Å². The molecule has 0 spiro atoms. The first-order chi connectivity index (χ1) is 12.4. The molecule has 26 heavy (non-hydrogen) atoms. The zero-order valence-corrected chi connectivity index (χ0v) is 17.1. The number of rotatable bonds is 8. The number of ether oxygens (including phenoxy) is 1. The molecule has 5 heteroatoms. The molecule has 0 bridgehead atoms. The Kier molecular flexibility index (Phi) is 6.89. The lowest BCUT2D eigenvalue weighted by Gasteiger charge is -2.44. The fourth-order valence-corrected chi connectivity index (χ4v) is 6.50. The highest BCUT2D eigenvalue weighted by Crippen LogP contribution is 2.51. The Bertz CT molecular complexity index is 686. The van der Waals surface area contributed by atoms with Gasteiger partial charge in [-0.3, -0.25) is 4.79 Å². The van der Waals surface area contributed by atoms with Crippen LogP contribution in [0.2, 0.25) is 0 Å². The minimum absolute atomic E-state index is 0.161. The van der Waals surface area contributed by atoms with Gasteiger partial charge in [-0.05, 0) is 56.1 Å². The second-order valence-corrected chi connectivity index (χ2v) is 9.92. The van der Waals surface area contributed by atoms with E-state index < -0.39 is 20.6 Å². The van der Waals surface area contributed by atoms with Crippen LogP contribution in [0.5, 0.6) is 0 Å². The van der Waals surface area contributed by atoms with Gasteiger partial charge in [0.15, 0.2) is 14.6 Å². The van der Waals surface area contributed by atoms with E-state index in [1.54, 1.807) is 30.3 Å². The van der Waals surface area contributed by atoms with Gasteiger partial charge in [-0.15, -0.1) is 0 Å². The number of esters is 1. The average molecular weight is 381 g/mol. The van der Waals surface area contributed by atoms with E-state index in [1.807, 2.05) is 0 Å². The maximum absolute atomic E-state index is 13.4. The number of hydrogen-bond acceptors (Lipinski definition) is 4. The first kappa shape index (κ1) is 20.9. The second kappa shape index (κ2) is 8.55. The van der Waals surface area contributed by atoms with Crippen molar-refractivity contribution in [1.82, 2.24) is 0 Å². The molecule has 1 aromatic rings. The van der Waals surface area contributed by atoms with E-state index in [1.165, 1.54) is 7.11 Å². The van der Waals surface area contributed by atoms with Crippen LogP contribution in [0.15, 0.2) is 35.2 Å². The molecule has 0 atom stereocenters. The lowest BCUT2D eigenvalue weighted by Crippen LogP contribution is -2.51. The van der Waals surface area contributed by atoms with Crippen molar-refractivity contribution in [2.45, 2.75) is 81.3 Å². The van der Waals surface area contributed by atoms with Crippen molar-refractivity contribution >= 4 is 15.8 Å². The molecule has 0 unspecified atom stereocenters. The molecule has 1 fully saturated rings. The maximum atomic E-state index is 13.4. The average Bonchev–Trinajstić information content (AvgIpc) is 2.67. The molecular formula is C21H32O4S. The molecule has 0 N–H and O–H groups in total. The third kappa shape index (κ3) is 3.83. The molecule has 1 aliphatic carbocycles. The van der Waals surface area contributed by atoms with Crippen LogP contribution in [0.1, 0.15) is 71.6 Å². The molecule has 0 saturated heterocycles. The Morgan fingerprint density at radius 2 is 1.62 bits per heavy atom. The highest BCUT2D eigenvalue weighted by atomic mass is 32.2. The van der Waals surface area contributed by atoms with Crippen LogP contribution in [-0.2, 0) is 19.4 Å². The van der Waals surface area contributed by atoms with Crippen LogP contribution in [-0.4, -0.2) is 26.2 Å². The number of carbonyl (C=O) groups is 1. The van der Waals surface area contributed by atoms with E-state index in [-0.39, 0.29) is 10.3 Å². The Morgan fingerprint density at radius 1 is 1.00 bits per heavy atom. The molecule has 2 rings (SSSR count). The van der Waals surface area contributed by atoms with Crippen molar-refractivity contribution < 1.29 is 17.9 Å². The number of sulfone groups is 1. The summed E-state index contributed by atoms with van der Waals surface area (Å²) in [6.07, 6.45) is 7.80. The molecule has 146 valence electrons. The van der Waals surface area contributed by atoms with E-state index in [9.17, 15) is 13.2 Å². The topological polar surface area (TPSA) is 60.4 Å². The van der Waals surface area contributed by atoms with Crippen molar-refractivity contribution in [1.29, 1.82) is 0 Å². The fraction of sp³-hybridized carbons (Fsp3) is 0.667. The predicted molar refractivity (Wildman–Crippen MR) is 104 cm³/mol. The monoisotopic (exact) mass is 380 g/mol. The van der Waals surface area contributed by atoms with E-state index in [0.717, 1.165) is 44.9 Å². The largest absolute Gasteiger partial charge is 0.468 e. The summed E-state index contributed by atoms with van der Waals surface area (Å²) in [6.45, 7) is 4.36. The minimum Gasteiger partial charge on any atom is -0.468 e. The lowest BCUT2D eigenvalue weighted by atomic mass is 9.65. The van der Waals surface area contributed by atoms with Crippen molar-refractivity contribution in [2.24, 2.45) is 5.41 Å². The van der Waals surface area contributed by atoms with Gasteiger partial charge >= 0.3 is 5.97 Å². The Morgan fingerprint density at radius 3 is 2.12 bits per heavy atom. The SMILES string of the molecule is CCCCC1(CCC)CCC(C(=O)OC)(S(=O)(=O)c2ccccc2)CC1. The highest BCUT2D eigenvalue weighted by Gasteiger charge is 2.56. The predicted octanol–water partition coefficient (Wildman–Crippen LogP) is 4.92. The van der Waals surface area contributed by atoms with E-state index >= 15 is 0 Å². The molecule has 1 saturated carbocycles. The zero-order valence-electron chi connectivity index (χ0n) is 16.3. The van der Waals surface area contributed by atoms with Gasteiger partial charge in [0.1, 0.15) is 0 Å². The molecule has 1 aliphatic rings. The maximum Gasteiger partial charge on any atom is 0.327 e. The van der Waals surface area contributed by atoms with Crippen LogP contribution >= 0.6 is 0 Å². The number of carbonyl (C=O) groups excluding carboxylic acids is 1. The summed E-state index contributed by atoms with van der Waals surface area (Å²) in [7, 11) is -2.51. The first-order valence-electron chi connectivity index (χ1n) is 9.75. The summed E-state index contributed by atoms with van der Waals surface area (Å²) in [6, 6.07) is 8.32. The van der Waals surface area contributed by atoms with Gasteiger partial charge < -0.3 is 4.74 Å². The van der Waals surface area contributed by atoms with Gasteiger partial charge in [-0.25, -0.2) is 8.42 Å². The highest BCUT2D eigenvalue weighted by molar-refractivity contribution is 7.93. The van der Waals surface area contributed by atoms with E-state index in [0.29, 0.717) is 12.8 Å². The van der Waals surface area contributed by atoms with Crippen LogP contribution in [0.3, 0.4) is 0 Å². The van der Waals surface area contributed by atoms with Crippen molar-refractivity contribution in [3.8, 4) is 0 Å². The summed E-state index contributed by atoms with van der Waals surface area (Å²) >= 11 is 0. The number of hydrogen-bond donors (Lipinski definition) is 0. The van der Waals surface area contributed by atoms with Gasteiger partial charge in [0.05, 0.1) is 12.0 Å². The van der Waals surface area contributed by atoms with Gasteiger partial charge in [0.25, 0.3) is 0 Å². The Balaban J connectivity index is 2.38. The Hall–Kier alpha value is -1.36. The summed E-state index contributed by atoms with van der Waals surface area (Å²) in [5, 5.41) is 0. The number of methoxy groups -OCH3 is 1. The minimum atomic E-state index is -3.80. The zero-order chi connectivity index (χ0) is 19.3. The quantitative estimate of drug-likeness (QED) is 0.600. The van der Waals surface area contributed by atoms with Crippen LogP contribution < -0.4 is 0 Å². The summed E-state index contributed by atoms with van der Waals surface area (Å²) < 4.78 is 30.3. The second-order valence-electron chi connectivity index (χ2n) is 7.66. The van der Waals surface area contributed by atoms with Crippen LogP contribution in [0.4, 0.5) is 0 Å². The van der Waals surface area contributed by atoms with E-state index in [2.05, 4.69) is 13.8 Å². The fourth-order valence-electron chi connectivity index (χ4n) is 4.49. The molecule has 0 radical (unpaired) electrons. The summed E-state index contributed by atoms with van der Waals surface area (Å²) in [5.41, 5.74) is 0.161. The smallest absolute Gasteiger partial charge is 0.327 e. The first-order valence-corrected chi connectivity index (χ1v) is 11.2.